The highest BCUT2D eigenvalue weighted by atomic mass is 32.1. The highest BCUT2D eigenvalue weighted by Crippen LogP contribution is 2.20. The van der Waals surface area contributed by atoms with Crippen LogP contribution in [0.25, 0.3) is 0 Å². The maximum absolute atomic E-state index is 13.6. The molecule has 0 aliphatic carbocycles. The van der Waals surface area contributed by atoms with Gasteiger partial charge in [-0.05, 0) is 55.0 Å². The average Bonchev–Trinajstić information content (AvgIpc) is 2.54. The summed E-state index contributed by atoms with van der Waals surface area (Å²) in [6.07, 6.45) is 1.63. The number of nitrogens with one attached hydrogen (secondary N) is 2. The van der Waals surface area contributed by atoms with Crippen LogP contribution in [0, 0.1) is 12.7 Å². The van der Waals surface area contributed by atoms with Crippen LogP contribution in [0.4, 0.5) is 27.5 Å². The molecule has 2 N–H and O–H groups in total. The molecule has 2 aromatic carbocycles. The summed E-state index contributed by atoms with van der Waals surface area (Å²) in [5, 5.41) is 6.17. The fourth-order valence-corrected chi connectivity index (χ4v) is 2.13. The van der Waals surface area contributed by atoms with Crippen molar-refractivity contribution < 1.29 is 4.39 Å². The molecule has 23 heavy (non-hydrogen) atoms. The molecule has 3 rings (SSSR count). The summed E-state index contributed by atoms with van der Waals surface area (Å²) in [4.78, 5) is 9.42. The summed E-state index contributed by atoms with van der Waals surface area (Å²) in [6.45, 7) is 1.72. The molecule has 1 heterocycles. The van der Waals surface area contributed by atoms with Gasteiger partial charge in [0.25, 0.3) is 0 Å². The lowest BCUT2D eigenvalue weighted by atomic mass is 10.2. The Bertz CT molecular complexity index is 821. The third-order valence-electron chi connectivity index (χ3n) is 3.22. The molecule has 1 aromatic heterocycles. The van der Waals surface area contributed by atoms with Gasteiger partial charge in [-0.25, -0.2) is 9.37 Å². The number of anilines is 4. The number of hydrogen-bond donors (Lipinski definition) is 3. The lowest BCUT2D eigenvalue weighted by Crippen LogP contribution is -2.00. The Balaban J connectivity index is 1.76. The second-order valence-corrected chi connectivity index (χ2v) is 5.54. The molecule has 0 radical (unpaired) electrons. The van der Waals surface area contributed by atoms with Crippen LogP contribution in [0.15, 0.2) is 59.6 Å². The zero-order valence-corrected chi connectivity index (χ0v) is 13.3. The molecular weight excluding hydrogens is 311 g/mol. The van der Waals surface area contributed by atoms with Gasteiger partial charge in [-0.1, -0.05) is 6.07 Å². The second-order valence-electron chi connectivity index (χ2n) is 5.03. The summed E-state index contributed by atoms with van der Waals surface area (Å²) >= 11 is 4.25. The first kappa shape index (κ1) is 15.3. The van der Waals surface area contributed by atoms with Crippen molar-refractivity contribution in [2.75, 3.05) is 10.6 Å². The predicted molar refractivity (Wildman–Crippen MR) is 93.4 cm³/mol. The van der Waals surface area contributed by atoms with Crippen molar-refractivity contribution in [3.8, 4) is 0 Å². The van der Waals surface area contributed by atoms with E-state index in [-0.39, 0.29) is 5.82 Å². The van der Waals surface area contributed by atoms with E-state index >= 15 is 0 Å². The molecule has 3 aromatic rings. The van der Waals surface area contributed by atoms with E-state index in [0.29, 0.717) is 23.0 Å². The van der Waals surface area contributed by atoms with Gasteiger partial charge in [-0.3, -0.25) is 0 Å². The zero-order valence-electron chi connectivity index (χ0n) is 12.4. The van der Waals surface area contributed by atoms with Crippen molar-refractivity contribution in [1.82, 2.24) is 9.97 Å². The molecule has 0 spiro atoms. The van der Waals surface area contributed by atoms with E-state index < -0.39 is 0 Å². The van der Waals surface area contributed by atoms with Gasteiger partial charge in [0, 0.05) is 22.5 Å². The molecule has 0 bridgehead atoms. The Hall–Kier alpha value is -2.60. The normalized spacial score (nSPS) is 10.4. The molecule has 0 atom stereocenters. The van der Waals surface area contributed by atoms with Gasteiger partial charge in [0.15, 0.2) is 0 Å². The van der Waals surface area contributed by atoms with Crippen LogP contribution in [0.2, 0.25) is 0 Å². The SMILES string of the molecule is Cc1ccc(Nc2ccnc(Nc3ccc(S)cc3)n2)cc1F. The number of nitrogens with zero attached hydrogens (tertiary/aromatic N) is 2. The van der Waals surface area contributed by atoms with Crippen LogP contribution in [-0.2, 0) is 0 Å². The number of aromatic nitrogens is 2. The third kappa shape index (κ3) is 3.98. The number of halogens is 1. The predicted octanol–water partition coefficient (Wildman–Crippen LogP) is 4.70. The highest BCUT2D eigenvalue weighted by Gasteiger charge is 2.03. The topological polar surface area (TPSA) is 49.8 Å². The third-order valence-corrected chi connectivity index (χ3v) is 3.52. The smallest absolute Gasteiger partial charge is 0.229 e. The maximum Gasteiger partial charge on any atom is 0.229 e. The number of hydrogen-bond acceptors (Lipinski definition) is 5. The Kier molecular flexibility index (Phi) is 4.43. The molecule has 6 heteroatoms. The number of aryl methyl sites for hydroxylation is 1. The summed E-state index contributed by atoms with van der Waals surface area (Å²) in [6, 6.07) is 14.2. The zero-order chi connectivity index (χ0) is 16.2. The van der Waals surface area contributed by atoms with Crippen molar-refractivity contribution >= 4 is 35.8 Å². The summed E-state index contributed by atoms with van der Waals surface area (Å²) < 4.78 is 13.6. The van der Waals surface area contributed by atoms with Gasteiger partial charge in [0.05, 0.1) is 0 Å². The molecule has 0 aliphatic heterocycles. The summed E-state index contributed by atoms with van der Waals surface area (Å²) in [5.74, 6) is 0.778. The van der Waals surface area contributed by atoms with Crippen molar-refractivity contribution in [3.05, 3.63) is 66.1 Å². The van der Waals surface area contributed by atoms with Crippen LogP contribution in [0.1, 0.15) is 5.56 Å². The Morgan fingerprint density at radius 3 is 2.43 bits per heavy atom. The Labute approximate surface area is 139 Å². The molecule has 0 aliphatic rings. The van der Waals surface area contributed by atoms with Crippen molar-refractivity contribution in [3.63, 3.8) is 0 Å². The van der Waals surface area contributed by atoms with E-state index in [4.69, 9.17) is 0 Å². The minimum atomic E-state index is -0.255. The van der Waals surface area contributed by atoms with Gasteiger partial charge in [-0.2, -0.15) is 4.98 Å². The van der Waals surface area contributed by atoms with Crippen LogP contribution in [0.3, 0.4) is 0 Å². The van der Waals surface area contributed by atoms with Gasteiger partial charge < -0.3 is 10.6 Å². The summed E-state index contributed by atoms with van der Waals surface area (Å²) in [5.41, 5.74) is 2.10. The van der Waals surface area contributed by atoms with Crippen molar-refractivity contribution in [2.24, 2.45) is 0 Å². The maximum atomic E-state index is 13.6. The van der Waals surface area contributed by atoms with Gasteiger partial charge >= 0.3 is 0 Å². The molecule has 0 amide bonds. The highest BCUT2D eigenvalue weighted by molar-refractivity contribution is 7.80. The quantitative estimate of drug-likeness (QED) is 0.608. The van der Waals surface area contributed by atoms with E-state index in [1.807, 2.05) is 24.3 Å². The Morgan fingerprint density at radius 2 is 1.70 bits per heavy atom. The molecule has 0 saturated heterocycles. The fraction of sp³-hybridized carbons (Fsp3) is 0.0588. The van der Waals surface area contributed by atoms with Crippen LogP contribution in [0.5, 0.6) is 0 Å². The lowest BCUT2D eigenvalue weighted by molar-refractivity contribution is 0.619. The molecule has 4 nitrogen and oxygen atoms in total. The molecule has 0 saturated carbocycles. The number of thiol groups is 1. The van der Waals surface area contributed by atoms with Crippen LogP contribution < -0.4 is 10.6 Å². The first-order valence-corrected chi connectivity index (χ1v) is 7.47. The van der Waals surface area contributed by atoms with E-state index in [1.54, 1.807) is 31.3 Å². The first-order chi connectivity index (χ1) is 11.1. The van der Waals surface area contributed by atoms with Crippen LogP contribution >= 0.6 is 12.6 Å². The van der Waals surface area contributed by atoms with Gasteiger partial charge in [-0.15, -0.1) is 12.6 Å². The van der Waals surface area contributed by atoms with E-state index in [2.05, 4.69) is 33.2 Å². The van der Waals surface area contributed by atoms with E-state index in [9.17, 15) is 4.39 Å². The van der Waals surface area contributed by atoms with Gasteiger partial charge in [0.2, 0.25) is 5.95 Å². The number of benzene rings is 2. The minimum Gasteiger partial charge on any atom is -0.340 e. The largest absolute Gasteiger partial charge is 0.340 e. The monoisotopic (exact) mass is 326 g/mol. The molecule has 116 valence electrons. The molecule has 0 unspecified atom stereocenters. The van der Waals surface area contributed by atoms with Crippen LogP contribution in [-0.4, -0.2) is 9.97 Å². The van der Waals surface area contributed by atoms with Gasteiger partial charge in [0.1, 0.15) is 11.6 Å². The fourth-order valence-electron chi connectivity index (χ4n) is 1.98. The lowest BCUT2D eigenvalue weighted by Gasteiger charge is -2.09. The van der Waals surface area contributed by atoms with Crippen molar-refractivity contribution in [1.29, 1.82) is 0 Å². The van der Waals surface area contributed by atoms with Crippen molar-refractivity contribution in [2.45, 2.75) is 11.8 Å². The number of rotatable bonds is 4. The first-order valence-electron chi connectivity index (χ1n) is 7.02. The minimum absolute atomic E-state index is 0.255. The van der Waals surface area contributed by atoms with E-state index in [0.717, 1.165) is 10.6 Å². The second kappa shape index (κ2) is 6.66. The average molecular weight is 326 g/mol. The van der Waals surface area contributed by atoms with E-state index in [1.165, 1.54) is 6.07 Å². The molecular formula is C17H15FN4S. The summed E-state index contributed by atoms with van der Waals surface area (Å²) in [7, 11) is 0. The molecule has 0 fully saturated rings. The Morgan fingerprint density at radius 1 is 0.957 bits per heavy atom. The standard InChI is InChI=1S/C17H15FN4S/c1-11-2-3-13(10-15(11)18)20-16-8-9-19-17(22-16)21-12-4-6-14(23)7-5-12/h2-10,23H,1H3,(H2,19,20,21,22).